The number of hydrogen-bond donors (Lipinski definition) is 1. The van der Waals surface area contributed by atoms with Crippen molar-refractivity contribution in [2.45, 2.75) is 45.6 Å². The Bertz CT molecular complexity index is 1420. The van der Waals surface area contributed by atoms with Gasteiger partial charge in [-0.25, -0.2) is 0 Å². The van der Waals surface area contributed by atoms with Gasteiger partial charge in [0.2, 0.25) is 0 Å². The minimum atomic E-state index is -1.19. The standard InChI is InChI=1S/C33H32O2/c1-4-23-7-11-25(12-8-23)26-15-18-30(19-16-26)33(34,6-3)32-22-29-21-28(17-20-31(29)35-32)27-13-9-24(5-2)10-14-27/h7-22,34H,4-6H2,1-3H3. The number of benzene rings is 4. The van der Waals surface area contributed by atoms with Gasteiger partial charge >= 0.3 is 0 Å². The largest absolute Gasteiger partial charge is 0.458 e. The summed E-state index contributed by atoms with van der Waals surface area (Å²) in [5.41, 5.74) is 7.74. The average Bonchev–Trinajstić information content (AvgIpc) is 3.37. The van der Waals surface area contributed by atoms with Crippen LogP contribution in [0.1, 0.15) is 49.6 Å². The maximum Gasteiger partial charge on any atom is 0.147 e. The molecule has 1 heterocycles. The van der Waals surface area contributed by atoms with Crippen LogP contribution in [0.4, 0.5) is 0 Å². The number of hydrogen-bond acceptors (Lipinski definition) is 2. The van der Waals surface area contributed by atoms with Crippen molar-refractivity contribution >= 4 is 11.0 Å². The first-order valence-corrected chi connectivity index (χ1v) is 12.6. The first-order valence-electron chi connectivity index (χ1n) is 12.6. The number of furan rings is 1. The van der Waals surface area contributed by atoms with E-state index in [2.05, 4.69) is 86.6 Å². The molecule has 0 spiro atoms. The van der Waals surface area contributed by atoms with Gasteiger partial charge in [0.25, 0.3) is 0 Å². The van der Waals surface area contributed by atoms with Gasteiger partial charge in [0.1, 0.15) is 16.9 Å². The Balaban J connectivity index is 1.46. The zero-order chi connectivity index (χ0) is 24.4. The third-order valence-electron chi connectivity index (χ3n) is 7.19. The minimum Gasteiger partial charge on any atom is -0.458 e. The Morgan fingerprint density at radius 1 is 0.600 bits per heavy atom. The van der Waals surface area contributed by atoms with Gasteiger partial charge in [0, 0.05) is 5.39 Å². The van der Waals surface area contributed by atoms with Crippen LogP contribution in [0.2, 0.25) is 0 Å². The lowest BCUT2D eigenvalue weighted by Gasteiger charge is -2.25. The van der Waals surface area contributed by atoms with Crippen molar-refractivity contribution in [3.8, 4) is 22.3 Å². The van der Waals surface area contributed by atoms with Crippen molar-refractivity contribution in [1.82, 2.24) is 0 Å². The van der Waals surface area contributed by atoms with Crippen molar-refractivity contribution in [2.24, 2.45) is 0 Å². The monoisotopic (exact) mass is 460 g/mol. The summed E-state index contributed by atoms with van der Waals surface area (Å²) in [6, 6.07) is 33.8. The van der Waals surface area contributed by atoms with E-state index in [1.165, 1.54) is 22.3 Å². The summed E-state index contributed by atoms with van der Waals surface area (Å²) in [6.07, 6.45) is 2.59. The molecule has 1 N–H and O–H groups in total. The van der Waals surface area contributed by atoms with Gasteiger partial charge in [0.15, 0.2) is 0 Å². The molecule has 5 aromatic rings. The molecular formula is C33H32O2. The van der Waals surface area contributed by atoms with Gasteiger partial charge in [-0.05, 0) is 76.4 Å². The average molecular weight is 461 g/mol. The second kappa shape index (κ2) is 9.56. The van der Waals surface area contributed by atoms with Crippen LogP contribution in [0.15, 0.2) is 101 Å². The molecule has 0 aliphatic heterocycles. The molecule has 5 rings (SSSR count). The number of rotatable bonds is 7. The summed E-state index contributed by atoms with van der Waals surface area (Å²) in [5, 5.41) is 12.7. The summed E-state index contributed by atoms with van der Waals surface area (Å²) in [4.78, 5) is 0. The van der Waals surface area contributed by atoms with Crippen LogP contribution in [0.5, 0.6) is 0 Å². The van der Waals surface area contributed by atoms with E-state index in [0.29, 0.717) is 12.2 Å². The molecule has 1 unspecified atom stereocenters. The van der Waals surface area contributed by atoms with Gasteiger partial charge in [0.05, 0.1) is 0 Å². The van der Waals surface area contributed by atoms with E-state index >= 15 is 0 Å². The Labute approximate surface area is 207 Å². The minimum absolute atomic E-state index is 0.517. The highest BCUT2D eigenvalue weighted by Gasteiger charge is 2.33. The fourth-order valence-corrected chi connectivity index (χ4v) is 4.75. The lowest BCUT2D eigenvalue weighted by molar-refractivity contribution is 0.0544. The third kappa shape index (κ3) is 4.42. The van der Waals surface area contributed by atoms with E-state index in [4.69, 9.17) is 4.42 Å². The highest BCUT2D eigenvalue weighted by Crippen LogP contribution is 2.38. The van der Waals surface area contributed by atoms with E-state index < -0.39 is 5.60 Å². The number of aryl methyl sites for hydroxylation is 2. The lowest BCUT2D eigenvalue weighted by atomic mass is 9.87. The van der Waals surface area contributed by atoms with Crippen LogP contribution in [-0.4, -0.2) is 5.11 Å². The number of aliphatic hydroxyl groups is 1. The van der Waals surface area contributed by atoms with Gasteiger partial charge in [-0.1, -0.05) is 99.6 Å². The molecule has 2 nitrogen and oxygen atoms in total. The molecule has 0 fully saturated rings. The first kappa shape index (κ1) is 23.1. The second-order valence-corrected chi connectivity index (χ2v) is 9.26. The van der Waals surface area contributed by atoms with Crippen LogP contribution in [0.25, 0.3) is 33.2 Å². The second-order valence-electron chi connectivity index (χ2n) is 9.26. The zero-order valence-electron chi connectivity index (χ0n) is 20.7. The highest BCUT2D eigenvalue weighted by atomic mass is 16.4. The summed E-state index contributed by atoms with van der Waals surface area (Å²) in [7, 11) is 0. The molecule has 0 saturated carbocycles. The van der Waals surface area contributed by atoms with Crippen molar-refractivity contribution in [3.63, 3.8) is 0 Å². The first-order chi connectivity index (χ1) is 17.0. The van der Waals surface area contributed by atoms with E-state index in [9.17, 15) is 5.11 Å². The van der Waals surface area contributed by atoms with Gasteiger partial charge in [-0.2, -0.15) is 0 Å². The molecule has 0 aliphatic rings. The lowest BCUT2D eigenvalue weighted by Crippen LogP contribution is -2.25. The quantitative estimate of drug-likeness (QED) is 0.264. The van der Waals surface area contributed by atoms with Crippen LogP contribution in [0, 0.1) is 0 Å². The Morgan fingerprint density at radius 2 is 1.09 bits per heavy atom. The van der Waals surface area contributed by atoms with Crippen molar-refractivity contribution < 1.29 is 9.52 Å². The SMILES string of the molecule is CCc1ccc(-c2ccc(C(O)(CC)c3cc4cc(-c5ccc(CC)cc5)ccc4o3)cc2)cc1. The van der Waals surface area contributed by atoms with Gasteiger partial charge in [-0.15, -0.1) is 0 Å². The molecule has 35 heavy (non-hydrogen) atoms. The summed E-state index contributed by atoms with van der Waals surface area (Å²) >= 11 is 0. The smallest absolute Gasteiger partial charge is 0.147 e. The molecule has 0 radical (unpaired) electrons. The Hall–Kier alpha value is -3.62. The summed E-state index contributed by atoms with van der Waals surface area (Å²) in [6.45, 7) is 6.32. The maximum absolute atomic E-state index is 11.7. The van der Waals surface area contributed by atoms with Gasteiger partial charge < -0.3 is 9.52 Å². The highest BCUT2D eigenvalue weighted by molar-refractivity contribution is 5.84. The summed E-state index contributed by atoms with van der Waals surface area (Å²) < 4.78 is 6.20. The van der Waals surface area contributed by atoms with Crippen LogP contribution >= 0.6 is 0 Å². The van der Waals surface area contributed by atoms with E-state index in [-0.39, 0.29) is 0 Å². The maximum atomic E-state index is 11.7. The molecule has 0 bridgehead atoms. The molecule has 1 aromatic heterocycles. The summed E-state index contributed by atoms with van der Waals surface area (Å²) in [5.74, 6) is 0.577. The molecule has 176 valence electrons. The van der Waals surface area contributed by atoms with Crippen LogP contribution < -0.4 is 0 Å². The van der Waals surface area contributed by atoms with Gasteiger partial charge in [-0.3, -0.25) is 0 Å². The van der Waals surface area contributed by atoms with Crippen molar-refractivity contribution in [1.29, 1.82) is 0 Å². The molecule has 0 saturated heterocycles. The van der Waals surface area contributed by atoms with E-state index in [0.717, 1.165) is 40.5 Å². The number of fused-ring (bicyclic) bond motifs is 1. The Morgan fingerprint density at radius 3 is 1.60 bits per heavy atom. The fourth-order valence-electron chi connectivity index (χ4n) is 4.75. The van der Waals surface area contributed by atoms with Crippen molar-refractivity contribution in [3.05, 3.63) is 120 Å². The normalized spacial score (nSPS) is 13.1. The third-order valence-corrected chi connectivity index (χ3v) is 7.19. The molecule has 2 heteroatoms. The molecular weight excluding hydrogens is 428 g/mol. The zero-order valence-corrected chi connectivity index (χ0v) is 20.7. The molecule has 1 atom stereocenters. The van der Waals surface area contributed by atoms with Crippen molar-refractivity contribution in [2.75, 3.05) is 0 Å². The van der Waals surface area contributed by atoms with E-state index in [1.54, 1.807) is 0 Å². The molecule has 0 aliphatic carbocycles. The predicted molar refractivity (Wildman–Crippen MR) is 146 cm³/mol. The van der Waals surface area contributed by atoms with E-state index in [1.807, 2.05) is 31.2 Å². The molecule has 4 aromatic carbocycles. The molecule has 0 amide bonds. The predicted octanol–water partition coefficient (Wildman–Crippen LogP) is 8.54. The topological polar surface area (TPSA) is 33.4 Å². The van der Waals surface area contributed by atoms with Crippen LogP contribution in [0.3, 0.4) is 0 Å². The Kier molecular flexibility index (Phi) is 6.32. The fraction of sp³-hybridized carbons (Fsp3) is 0.212. The van der Waals surface area contributed by atoms with Crippen LogP contribution in [-0.2, 0) is 18.4 Å².